The van der Waals surface area contributed by atoms with Crippen LogP contribution in [0, 0.1) is 12.3 Å². The molecule has 1 unspecified atom stereocenters. The third kappa shape index (κ3) is 3.79. The van der Waals surface area contributed by atoms with Gasteiger partial charge < -0.3 is 15.0 Å². The summed E-state index contributed by atoms with van der Waals surface area (Å²) in [4.78, 5) is 15.6. The molecule has 2 heterocycles. The molecule has 1 fully saturated rings. The molecule has 0 spiro atoms. The number of nitrogens with zero attached hydrogens (tertiary/aromatic N) is 1. The summed E-state index contributed by atoms with van der Waals surface area (Å²) >= 11 is 1.66. The van der Waals surface area contributed by atoms with Gasteiger partial charge in [-0.3, -0.25) is 0 Å². The fourth-order valence-corrected chi connectivity index (χ4v) is 3.85. The molecule has 1 saturated heterocycles. The van der Waals surface area contributed by atoms with Crippen LogP contribution < -0.4 is 5.32 Å². The van der Waals surface area contributed by atoms with Crippen LogP contribution in [0.1, 0.15) is 29.0 Å². The van der Waals surface area contributed by atoms with Crippen molar-refractivity contribution in [3.8, 4) is 0 Å². The van der Waals surface area contributed by atoms with Gasteiger partial charge in [-0.2, -0.15) is 0 Å². The summed E-state index contributed by atoms with van der Waals surface area (Å²) in [7, 11) is 1.85. The van der Waals surface area contributed by atoms with E-state index in [0.717, 1.165) is 23.7 Å². The van der Waals surface area contributed by atoms with Gasteiger partial charge in [0.15, 0.2) is 0 Å². The van der Waals surface area contributed by atoms with Crippen LogP contribution in [-0.2, 0) is 4.74 Å². The Kier molecular flexibility index (Phi) is 4.92. The minimum Gasteiger partial charge on any atom is -0.380 e. The van der Waals surface area contributed by atoms with E-state index in [0.29, 0.717) is 6.54 Å². The number of ether oxygens (including phenoxy) is 1. The lowest BCUT2D eigenvalue weighted by atomic mass is 9.88. The topological polar surface area (TPSA) is 41.6 Å². The van der Waals surface area contributed by atoms with Gasteiger partial charge in [0.25, 0.3) is 0 Å². The first-order valence-electron chi connectivity index (χ1n) is 8.16. The molecule has 2 aromatic rings. The van der Waals surface area contributed by atoms with Crippen molar-refractivity contribution >= 4 is 17.4 Å². The average Bonchev–Trinajstić information content (AvgIpc) is 3.04. The van der Waals surface area contributed by atoms with Crippen molar-refractivity contribution < 1.29 is 9.53 Å². The number of urea groups is 1. The quantitative estimate of drug-likeness (QED) is 0.896. The van der Waals surface area contributed by atoms with E-state index in [9.17, 15) is 4.79 Å². The highest BCUT2D eigenvalue weighted by atomic mass is 32.1. The number of rotatable bonds is 5. The fourth-order valence-electron chi connectivity index (χ4n) is 3.04. The van der Waals surface area contributed by atoms with E-state index in [1.165, 1.54) is 5.56 Å². The number of carbonyl (C=O) groups excluding carboxylic acids is 1. The minimum absolute atomic E-state index is 0.0527. The van der Waals surface area contributed by atoms with E-state index < -0.39 is 0 Å². The molecule has 1 aromatic heterocycles. The second-order valence-corrected chi connectivity index (χ2v) is 7.95. The van der Waals surface area contributed by atoms with Gasteiger partial charge in [0.05, 0.1) is 19.3 Å². The van der Waals surface area contributed by atoms with Crippen LogP contribution >= 0.6 is 11.3 Å². The molecule has 1 atom stereocenters. The van der Waals surface area contributed by atoms with Gasteiger partial charge in [-0.1, -0.05) is 42.8 Å². The number of hydrogen-bond acceptors (Lipinski definition) is 3. The largest absolute Gasteiger partial charge is 0.380 e. The first-order chi connectivity index (χ1) is 11.5. The molecule has 3 rings (SSSR count). The van der Waals surface area contributed by atoms with Gasteiger partial charge in [-0.15, -0.1) is 11.3 Å². The Balaban J connectivity index is 1.75. The van der Waals surface area contributed by atoms with Gasteiger partial charge in [0.2, 0.25) is 0 Å². The molecule has 1 aromatic carbocycles. The highest BCUT2D eigenvalue weighted by Gasteiger charge is 2.35. The molecule has 2 amide bonds. The molecule has 0 radical (unpaired) electrons. The third-order valence-electron chi connectivity index (χ3n) is 4.34. The Morgan fingerprint density at radius 1 is 1.38 bits per heavy atom. The summed E-state index contributed by atoms with van der Waals surface area (Å²) in [5, 5.41) is 5.23. The maximum absolute atomic E-state index is 12.7. The van der Waals surface area contributed by atoms with Crippen LogP contribution in [0.3, 0.4) is 0 Å². The Hall–Kier alpha value is -1.85. The summed E-state index contributed by atoms with van der Waals surface area (Å²) in [5.74, 6) is 0. The number of amides is 2. The standard InChI is InChI=1S/C19H24N2O2S/c1-14-6-4-7-15(10-14)17(16-8-5-9-24-16)20-18(22)21(3)11-19(2)12-23-13-19/h4-10,17H,11-13H2,1-3H3,(H,20,22). The first kappa shape index (κ1) is 17.0. The van der Waals surface area contributed by atoms with Gasteiger partial charge >= 0.3 is 6.03 Å². The molecule has 0 bridgehead atoms. The molecule has 1 N–H and O–H groups in total. The van der Waals surface area contributed by atoms with Crippen LogP contribution in [-0.4, -0.2) is 37.7 Å². The Bertz CT molecular complexity index is 695. The SMILES string of the molecule is Cc1cccc(C(NC(=O)N(C)CC2(C)COC2)c2cccs2)c1. The summed E-state index contributed by atoms with van der Waals surface area (Å²) in [5.41, 5.74) is 2.38. The lowest BCUT2D eigenvalue weighted by Gasteiger charge is -2.40. The van der Waals surface area contributed by atoms with Crippen molar-refractivity contribution in [3.63, 3.8) is 0 Å². The van der Waals surface area contributed by atoms with E-state index in [-0.39, 0.29) is 17.5 Å². The van der Waals surface area contributed by atoms with Crippen molar-refractivity contribution in [2.45, 2.75) is 19.9 Å². The molecular formula is C19H24N2O2S. The van der Waals surface area contributed by atoms with Gasteiger partial charge in [-0.05, 0) is 23.9 Å². The average molecular weight is 344 g/mol. The molecule has 1 aliphatic rings. The van der Waals surface area contributed by atoms with Crippen LogP contribution in [0.5, 0.6) is 0 Å². The zero-order valence-electron chi connectivity index (χ0n) is 14.4. The van der Waals surface area contributed by atoms with E-state index in [1.807, 2.05) is 24.6 Å². The number of nitrogens with one attached hydrogen (secondary N) is 1. The molecule has 0 saturated carbocycles. The molecule has 0 aliphatic carbocycles. The number of carbonyl (C=O) groups is 1. The molecular weight excluding hydrogens is 320 g/mol. The Morgan fingerprint density at radius 2 is 2.17 bits per heavy atom. The summed E-state index contributed by atoms with van der Waals surface area (Å²) in [6, 6.07) is 12.2. The lowest BCUT2D eigenvalue weighted by molar-refractivity contribution is -0.108. The van der Waals surface area contributed by atoms with Crippen LogP contribution in [0.4, 0.5) is 4.79 Å². The van der Waals surface area contributed by atoms with Crippen molar-refractivity contribution in [2.75, 3.05) is 26.8 Å². The van der Waals surface area contributed by atoms with Crippen LogP contribution in [0.15, 0.2) is 41.8 Å². The minimum atomic E-state index is -0.120. The van der Waals surface area contributed by atoms with Gasteiger partial charge in [0.1, 0.15) is 0 Å². The molecule has 128 valence electrons. The normalized spacial score (nSPS) is 17.0. The van der Waals surface area contributed by atoms with Crippen LogP contribution in [0.2, 0.25) is 0 Å². The predicted molar refractivity (Wildman–Crippen MR) is 97.4 cm³/mol. The van der Waals surface area contributed by atoms with Crippen molar-refractivity contribution in [1.29, 1.82) is 0 Å². The molecule has 1 aliphatic heterocycles. The number of aryl methyl sites for hydroxylation is 1. The van der Waals surface area contributed by atoms with E-state index in [2.05, 4.69) is 43.4 Å². The maximum atomic E-state index is 12.7. The van der Waals surface area contributed by atoms with Crippen LogP contribution in [0.25, 0.3) is 0 Å². The zero-order valence-corrected chi connectivity index (χ0v) is 15.2. The van der Waals surface area contributed by atoms with Crippen molar-refractivity contribution in [1.82, 2.24) is 10.2 Å². The first-order valence-corrected chi connectivity index (χ1v) is 9.04. The summed E-state index contributed by atoms with van der Waals surface area (Å²) in [6.07, 6.45) is 0. The second-order valence-electron chi connectivity index (χ2n) is 6.97. The Morgan fingerprint density at radius 3 is 2.75 bits per heavy atom. The van der Waals surface area contributed by atoms with Crippen molar-refractivity contribution in [3.05, 3.63) is 57.8 Å². The van der Waals surface area contributed by atoms with Gasteiger partial charge in [0, 0.05) is 23.9 Å². The van der Waals surface area contributed by atoms with Gasteiger partial charge in [-0.25, -0.2) is 4.79 Å². The van der Waals surface area contributed by atoms with E-state index >= 15 is 0 Å². The number of thiophene rings is 1. The molecule has 24 heavy (non-hydrogen) atoms. The lowest BCUT2D eigenvalue weighted by Crippen LogP contribution is -2.51. The second kappa shape index (κ2) is 6.95. The van der Waals surface area contributed by atoms with Crippen molar-refractivity contribution in [2.24, 2.45) is 5.41 Å². The summed E-state index contributed by atoms with van der Waals surface area (Å²) < 4.78 is 5.28. The smallest absolute Gasteiger partial charge is 0.317 e. The highest BCUT2D eigenvalue weighted by Crippen LogP contribution is 2.29. The number of hydrogen-bond donors (Lipinski definition) is 1. The zero-order chi connectivity index (χ0) is 17.2. The maximum Gasteiger partial charge on any atom is 0.317 e. The fraction of sp³-hybridized carbons (Fsp3) is 0.421. The molecule has 5 heteroatoms. The predicted octanol–water partition coefficient (Wildman–Crippen LogP) is 3.82. The number of benzene rings is 1. The summed E-state index contributed by atoms with van der Waals surface area (Å²) in [6.45, 7) is 6.36. The monoisotopic (exact) mass is 344 g/mol. The molecule has 4 nitrogen and oxygen atoms in total. The van der Waals surface area contributed by atoms with E-state index in [4.69, 9.17) is 4.74 Å². The van der Waals surface area contributed by atoms with E-state index in [1.54, 1.807) is 16.2 Å². The third-order valence-corrected chi connectivity index (χ3v) is 5.27. The Labute approximate surface area is 147 Å². The highest BCUT2D eigenvalue weighted by molar-refractivity contribution is 7.10.